The third-order valence-electron chi connectivity index (χ3n) is 3.34. The third kappa shape index (κ3) is 3.32. The lowest BCUT2D eigenvalue weighted by Gasteiger charge is -2.37. The number of carbonyl (C=O) groups is 2. The second-order valence-corrected chi connectivity index (χ2v) is 4.80. The van der Waals surface area contributed by atoms with Gasteiger partial charge in [-0.1, -0.05) is 25.8 Å². The van der Waals surface area contributed by atoms with Crippen LogP contribution in [0.3, 0.4) is 0 Å². The van der Waals surface area contributed by atoms with Crippen LogP contribution in [0.1, 0.15) is 46.0 Å². The molecule has 0 unspecified atom stereocenters. The first-order valence-corrected chi connectivity index (χ1v) is 6.16. The molecule has 1 atom stereocenters. The zero-order valence-electron chi connectivity index (χ0n) is 10.6. The van der Waals surface area contributed by atoms with Crippen LogP contribution >= 0.6 is 0 Å². The maximum absolute atomic E-state index is 12.1. The fourth-order valence-electron chi connectivity index (χ4n) is 2.36. The highest BCUT2D eigenvalue weighted by atomic mass is 16.4. The second-order valence-electron chi connectivity index (χ2n) is 4.80. The van der Waals surface area contributed by atoms with Crippen LogP contribution in [-0.4, -0.2) is 34.0 Å². The molecule has 1 aliphatic rings. The number of rotatable bonds is 4. The van der Waals surface area contributed by atoms with E-state index in [-0.39, 0.29) is 11.9 Å². The molecule has 0 aromatic heterocycles. The summed E-state index contributed by atoms with van der Waals surface area (Å²) in [5, 5.41) is 9.09. The SMILES string of the molecule is C=C(C)C(=O)N(C1CCCCC1)[C@@H](C)C(=O)O. The molecule has 1 amide bonds. The van der Waals surface area contributed by atoms with Gasteiger partial charge in [-0.15, -0.1) is 0 Å². The fraction of sp³-hybridized carbons (Fsp3) is 0.692. The van der Waals surface area contributed by atoms with E-state index in [2.05, 4.69) is 6.58 Å². The minimum absolute atomic E-state index is 0.0547. The van der Waals surface area contributed by atoms with Gasteiger partial charge in [-0.25, -0.2) is 4.79 Å². The van der Waals surface area contributed by atoms with Crippen molar-refractivity contribution in [2.75, 3.05) is 0 Å². The first kappa shape index (κ1) is 13.7. The highest BCUT2D eigenvalue weighted by Crippen LogP contribution is 2.25. The van der Waals surface area contributed by atoms with Gasteiger partial charge in [0.15, 0.2) is 0 Å². The van der Waals surface area contributed by atoms with Gasteiger partial charge < -0.3 is 10.0 Å². The number of carbonyl (C=O) groups excluding carboxylic acids is 1. The third-order valence-corrected chi connectivity index (χ3v) is 3.34. The van der Waals surface area contributed by atoms with Gasteiger partial charge in [0.2, 0.25) is 5.91 Å². The van der Waals surface area contributed by atoms with Crippen LogP contribution in [0.5, 0.6) is 0 Å². The van der Waals surface area contributed by atoms with Crippen molar-refractivity contribution < 1.29 is 14.7 Å². The van der Waals surface area contributed by atoms with Crippen LogP contribution in [0.4, 0.5) is 0 Å². The van der Waals surface area contributed by atoms with Crippen LogP contribution < -0.4 is 0 Å². The molecule has 1 saturated carbocycles. The predicted molar refractivity (Wildman–Crippen MR) is 65.6 cm³/mol. The molecule has 4 nitrogen and oxygen atoms in total. The maximum atomic E-state index is 12.1. The van der Waals surface area contributed by atoms with Crippen molar-refractivity contribution in [1.82, 2.24) is 4.90 Å². The Kier molecular flexibility index (Phi) is 4.73. The molecule has 0 aromatic carbocycles. The molecule has 1 fully saturated rings. The van der Waals surface area contributed by atoms with Crippen molar-refractivity contribution in [2.45, 2.75) is 58.0 Å². The Labute approximate surface area is 102 Å². The molecule has 0 radical (unpaired) electrons. The zero-order chi connectivity index (χ0) is 13.0. The Morgan fingerprint density at radius 3 is 2.24 bits per heavy atom. The van der Waals surface area contributed by atoms with Crippen molar-refractivity contribution >= 4 is 11.9 Å². The molecule has 0 saturated heterocycles. The van der Waals surface area contributed by atoms with Crippen LogP contribution in [-0.2, 0) is 9.59 Å². The van der Waals surface area contributed by atoms with Gasteiger partial charge in [-0.2, -0.15) is 0 Å². The van der Waals surface area contributed by atoms with E-state index in [4.69, 9.17) is 5.11 Å². The Morgan fingerprint density at radius 1 is 1.29 bits per heavy atom. The Hall–Kier alpha value is -1.32. The molecule has 0 heterocycles. The zero-order valence-corrected chi connectivity index (χ0v) is 10.6. The standard InChI is InChI=1S/C13H21NO3/c1-9(2)12(15)14(10(3)13(16)17)11-7-5-4-6-8-11/h10-11H,1,4-8H2,2-3H3,(H,16,17)/t10-/m0/s1. The summed E-state index contributed by atoms with van der Waals surface area (Å²) >= 11 is 0. The van der Waals surface area contributed by atoms with Gasteiger partial charge in [-0.05, 0) is 26.7 Å². The van der Waals surface area contributed by atoms with E-state index in [0.29, 0.717) is 5.57 Å². The molecule has 0 aromatic rings. The van der Waals surface area contributed by atoms with Crippen LogP contribution in [0.15, 0.2) is 12.2 Å². The van der Waals surface area contributed by atoms with Crippen LogP contribution in [0, 0.1) is 0 Å². The lowest BCUT2D eigenvalue weighted by Crippen LogP contribution is -2.50. The summed E-state index contributed by atoms with van der Waals surface area (Å²) in [6.07, 6.45) is 5.11. The largest absolute Gasteiger partial charge is 0.480 e. The maximum Gasteiger partial charge on any atom is 0.326 e. The van der Waals surface area contributed by atoms with E-state index in [1.807, 2.05) is 0 Å². The van der Waals surface area contributed by atoms with Crippen molar-refractivity contribution in [3.8, 4) is 0 Å². The summed E-state index contributed by atoms with van der Waals surface area (Å²) in [4.78, 5) is 24.6. The summed E-state index contributed by atoms with van der Waals surface area (Å²) in [6.45, 7) is 6.83. The molecule has 1 aliphatic carbocycles. The summed E-state index contributed by atoms with van der Waals surface area (Å²) in [5.74, 6) is -1.18. The molecular formula is C13H21NO3. The molecule has 4 heteroatoms. The number of carboxylic acids is 1. The Bertz CT molecular complexity index is 319. The number of nitrogens with zero attached hydrogens (tertiary/aromatic N) is 1. The average molecular weight is 239 g/mol. The molecule has 17 heavy (non-hydrogen) atoms. The van der Waals surface area contributed by atoms with E-state index in [0.717, 1.165) is 25.7 Å². The minimum Gasteiger partial charge on any atom is -0.480 e. The molecule has 96 valence electrons. The highest BCUT2D eigenvalue weighted by Gasteiger charge is 2.32. The van der Waals surface area contributed by atoms with E-state index in [9.17, 15) is 9.59 Å². The molecular weight excluding hydrogens is 218 g/mol. The monoisotopic (exact) mass is 239 g/mol. The topological polar surface area (TPSA) is 57.6 Å². The lowest BCUT2D eigenvalue weighted by molar-refractivity contribution is -0.150. The summed E-state index contributed by atoms with van der Waals surface area (Å²) in [7, 11) is 0. The quantitative estimate of drug-likeness (QED) is 0.765. The van der Waals surface area contributed by atoms with Gasteiger partial charge in [0, 0.05) is 11.6 Å². The van der Waals surface area contributed by atoms with Crippen molar-refractivity contribution in [1.29, 1.82) is 0 Å². The Balaban J connectivity index is 2.88. The molecule has 1 rings (SSSR count). The number of amides is 1. The highest BCUT2D eigenvalue weighted by molar-refractivity contribution is 5.95. The van der Waals surface area contributed by atoms with Gasteiger partial charge in [0.25, 0.3) is 0 Å². The minimum atomic E-state index is -0.954. The van der Waals surface area contributed by atoms with Crippen LogP contribution in [0.25, 0.3) is 0 Å². The van der Waals surface area contributed by atoms with E-state index < -0.39 is 12.0 Å². The van der Waals surface area contributed by atoms with Gasteiger partial charge in [0.1, 0.15) is 6.04 Å². The van der Waals surface area contributed by atoms with Gasteiger partial charge in [-0.3, -0.25) is 4.79 Å². The summed E-state index contributed by atoms with van der Waals surface area (Å²) in [6, 6.07) is -0.721. The molecule has 0 spiro atoms. The molecule has 0 bridgehead atoms. The molecule has 0 aliphatic heterocycles. The normalized spacial score (nSPS) is 18.5. The first-order chi connectivity index (χ1) is 7.95. The first-order valence-electron chi connectivity index (χ1n) is 6.16. The smallest absolute Gasteiger partial charge is 0.326 e. The van der Waals surface area contributed by atoms with E-state index in [1.54, 1.807) is 13.8 Å². The van der Waals surface area contributed by atoms with Gasteiger partial charge in [0.05, 0.1) is 0 Å². The molecule has 1 N–H and O–H groups in total. The summed E-state index contributed by atoms with van der Waals surface area (Å²) in [5.41, 5.74) is 0.406. The predicted octanol–water partition coefficient (Wildman–Crippen LogP) is 2.20. The number of hydrogen-bond acceptors (Lipinski definition) is 2. The number of carboxylic acid groups (broad SMARTS) is 1. The van der Waals surface area contributed by atoms with E-state index in [1.165, 1.54) is 11.3 Å². The van der Waals surface area contributed by atoms with Crippen LogP contribution in [0.2, 0.25) is 0 Å². The van der Waals surface area contributed by atoms with Crippen molar-refractivity contribution in [3.63, 3.8) is 0 Å². The van der Waals surface area contributed by atoms with E-state index >= 15 is 0 Å². The van der Waals surface area contributed by atoms with Crippen molar-refractivity contribution in [2.24, 2.45) is 0 Å². The average Bonchev–Trinajstić information content (AvgIpc) is 2.30. The second kappa shape index (κ2) is 5.84. The number of aliphatic carboxylic acids is 1. The van der Waals surface area contributed by atoms with Crippen molar-refractivity contribution in [3.05, 3.63) is 12.2 Å². The lowest BCUT2D eigenvalue weighted by atomic mass is 9.92. The summed E-state index contributed by atoms with van der Waals surface area (Å²) < 4.78 is 0. The van der Waals surface area contributed by atoms with Gasteiger partial charge >= 0.3 is 5.97 Å². The number of hydrogen-bond donors (Lipinski definition) is 1. The fourth-order valence-corrected chi connectivity index (χ4v) is 2.36. The Morgan fingerprint density at radius 2 is 1.82 bits per heavy atom.